The predicted molar refractivity (Wildman–Crippen MR) is 76.1 cm³/mol. The lowest BCUT2D eigenvalue weighted by Crippen LogP contribution is -2.12. The molecule has 1 saturated carbocycles. The quantitative estimate of drug-likeness (QED) is 0.911. The summed E-state index contributed by atoms with van der Waals surface area (Å²) in [7, 11) is 0. The molecule has 3 rings (SSSR count). The van der Waals surface area contributed by atoms with Crippen molar-refractivity contribution < 1.29 is 9.90 Å². The Hall–Kier alpha value is -1.39. The Labute approximate surface area is 119 Å². The van der Waals surface area contributed by atoms with Crippen molar-refractivity contribution in [3.8, 4) is 10.6 Å². The van der Waals surface area contributed by atoms with Crippen molar-refractivity contribution in [2.75, 3.05) is 0 Å². The summed E-state index contributed by atoms with van der Waals surface area (Å²) < 4.78 is 0. The fourth-order valence-corrected chi connectivity index (χ4v) is 3.50. The molecule has 0 unspecified atom stereocenters. The molecule has 0 bridgehead atoms. The molecule has 1 heterocycles. The van der Waals surface area contributed by atoms with E-state index in [1.54, 1.807) is 6.07 Å². The van der Waals surface area contributed by atoms with Crippen LogP contribution in [0.4, 0.5) is 0 Å². The monoisotopic (exact) mass is 293 g/mol. The molecule has 0 spiro atoms. The van der Waals surface area contributed by atoms with Gasteiger partial charge in [-0.05, 0) is 18.9 Å². The van der Waals surface area contributed by atoms with E-state index < -0.39 is 5.97 Å². The van der Waals surface area contributed by atoms with Gasteiger partial charge in [0.05, 0.1) is 10.7 Å². The fourth-order valence-electron chi connectivity index (χ4n) is 2.19. The number of benzene rings is 1. The Bertz CT molecular complexity index is 634. The standard InChI is InChI=1S/C14H12ClNO2S/c15-10-7-2-1-6-9(10)13-16-11(8-4-3-5-8)12(19-13)14(17)18/h1-2,6-8H,3-5H2,(H,17,18). The summed E-state index contributed by atoms with van der Waals surface area (Å²) in [5.41, 5.74) is 1.54. The average molecular weight is 294 g/mol. The number of thiazole rings is 1. The Morgan fingerprint density at radius 1 is 1.37 bits per heavy atom. The maximum atomic E-state index is 11.3. The summed E-state index contributed by atoms with van der Waals surface area (Å²) in [4.78, 5) is 16.2. The summed E-state index contributed by atoms with van der Waals surface area (Å²) in [6, 6.07) is 7.40. The smallest absolute Gasteiger partial charge is 0.347 e. The summed E-state index contributed by atoms with van der Waals surface area (Å²) in [5.74, 6) is -0.587. The minimum absolute atomic E-state index is 0.304. The molecule has 98 valence electrons. The molecule has 2 aromatic rings. The summed E-state index contributed by atoms with van der Waals surface area (Å²) >= 11 is 7.36. The number of carboxylic acids is 1. The van der Waals surface area contributed by atoms with E-state index in [2.05, 4.69) is 4.98 Å². The number of carbonyl (C=O) groups is 1. The number of halogens is 1. The zero-order valence-electron chi connectivity index (χ0n) is 10.1. The van der Waals surface area contributed by atoms with Gasteiger partial charge >= 0.3 is 5.97 Å². The van der Waals surface area contributed by atoms with E-state index in [1.807, 2.05) is 18.2 Å². The minimum Gasteiger partial charge on any atom is -0.477 e. The molecule has 0 saturated heterocycles. The fraction of sp³-hybridized carbons (Fsp3) is 0.286. The third-order valence-electron chi connectivity index (χ3n) is 3.44. The highest BCUT2D eigenvalue weighted by molar-refractivity contribution is 7.17. The first-order valence-electron chi connectivity index (χ1n) is 6.15. The van der Waals surface area contributed by atoms with Crippen LogP contribution in [0.3, 0.4) is 0 Å². The maximum Gasteiger partial charge on any atom is 0.347 e. The Morgan fingerprint density at radius 3 is 2.68 bits per heavy atom. The van der Waals surface area contributed by atoms with Crippen LogP contribution >= 0.6 is 22.9 Å². The molecule has 0 radical (unpaired) electrons. The zero-order chi connectivity index (χ0) is 13.4. The molecule has 1 fully saturated rings. The molecular weight excluding hydrogens is 282 g/mol. The van der Waals surface area contributed by atoms with Crippen LogP contribution in [0, 0.1) is 0 Å². The first-order valence-corrected chi connectivity index (χ1v) is 7.35. The van der Waals surface area contributed by atoms with Crippen molar-refractivity contribution in [2.45, 2.75) is 25.2 Å². The SMILES string of the molecule is O=C(O)c1sc(-c2ccccc2Cl)nc1C1CCC1. The Kier molecular flexibility index (Phi) is 3.29. The van der Waals surface area contributed by atoms with Gasteiger partial charge in [-0.3, -0.25) is 0 Å². The second-order valence-corrected chi connectivity index (χ2v) is 6.05. The molecule has 5 heteroatoms. The van der Waals surface area contributed by atoms with Crippen LogP contribution in [0.1, 0.15) is 40.5 Å². The summed E-state index contributed by atoms with van der Waals surface area (Å²) in [6.45, 7) is 0. The van der Waals surface area contributed by atoms with Crippen molar-refractivity contribution in [1.82, 2.24) is 4.98 Å². The van der Waals surface area contributed by atoms with Gasteiger partial charge in [-0.1, -0.05) is 36.2 Å². The van der Waals surface area contributed by atoms with Crippen molar-refractivity contribution >= 4 is 28.9 Å². The number of hydrogen-bond acceptors (Lipinski definition) is 3. The van der Waals surface area contributed by atoms with E-state index >= 15 is 0 Å². The molecule has 3 nitrogen and oxygen atoms in total. The Morgan fingerprint density at radius 2 is 2.11 bits per heavy atom. The van der Waals surface area contributed by atoms with Gasteiger partial charge in [0.15, 0.2) is 0 Å². The van der Waals surface area contributed by atoms with E-state index in [-0.39, 0.29) is 0 Å². The van der Waals surface area contributed by atoms with Gasteiger partial charge in [0.2, 0.25) is 0 Å². The average Bonchev–Trinajstić information content (AvgIpc) is 2.72. The number of carboxylic acid groups (broad SMARTS) is 1. The van der Waals surface area contributed by atoms with Gasteiger partial charge < -0.3 is 5.11 Å². The summed E-state index contributed by atoms with van der Waals surface area (Å²) in [5, 5.41) is 10.6. The number of hydrogen-bond donors (Lipinski definition) is 1. The Balaban J connectivity index is 2.08. The van der Waals surface area contributed by atoms with Gasteiger partial charge in [0.25, 0.3) is 0 Å². The van der Waals surface area contributed by atoms with E-state index in [0.29, 0.717) is 20.8 Å². The van der Waals surface area contributed by atoms with Crippen molar-refractivity contribution in [1.29, 1.82) is 0 Å². The largest absolute Gasteiger partial charge is 0.477 e. The van der Waals surface area contributed by atoms with Gasteiger partial charge in [-0.2, -0.15) is 0 Å². The van der Waals surface area contributed by atoms with Crippen LogP contribution in [0.15, 0.2) is 24.3 Å². The summed E-state index contributed by atoms with van der Waals surface area (Å²) in [6.07, 6.45) is 3.22. The van der Waals surface area contributed by atoms with Crippen molar-refractivity contribution in [3.05, 3.63) is 39.9 Å². The molecule has 0 amide bonds. The molecule has 1 N–H and O–H groups in total. The second kappa shape index (κ2) is 4.94. The van der Waals surface area contributed by atoms with Crippen LogP contribution in [-0.4, -0.2) is 16.1 Å². The second-order valence-electron chi connectivity index (χ2n) is 4.65. The van der Waals surface area contributed by atoms with Crippen LogP contribution in [0.5, 0.6) is 0 Å². The molecule has 1 aliphatic rings. The molecule has 0 aliphatic heterocycles. The molecule has 1 aromatic heterocycles. The molecule has 0 atom stereocenters. The number of nitrogens with zero attached hydrogens (tertiary/aromatic N) is 1. The van der Waals surface area contributed by atoms with Crippen LogP contribution < -0.4 is 0 Å². The van der Waals surface area contributed by atoms with Crippen LogP contribution in [0.25, 0.3) is 10.6 Å². The first-order chi connectivity index (χ1) is 9.16. The van der Waals surface area contributed by atoms with Crippen molar-refractivity contribution in [2.24, 2.45) is 0 Å². The predicted octanol–water partition coefficient (Wildman–Crippen LogP) is 4.43. The lowest BCUT2D eigenvalue weighted by atomic mass is 9.82. The maximum absolute atomic E-state index is 11.3. The normalized spacial score (nSPS) is 15.2. The molecule has 19 heavy (non-hydrogen) atoms. The lowest BCUT2D eigenvalue weighted by molar-refractivity contribution is 0.0699. The van der Waals surface area contributed by atoms with E-state index in [9.17, 15) is 9.90 Å². The topological polar surface area (TPSA) is 50.2 Å². The zero-order valence-corrected chi connectivity index (χ0v) is 11.7. The number of aromatic nitrogens is 1. The van der Waals surface area contributed by atoms with Gasteiger partial charge in [0.1, 0.15) is 9.88 Å². The van der Waals surface area contributed by atoms with Crippen LogP contribution in [0.2, 0.25) is 5.02 Å². The van der Waals surface area contributed by atoms with Gasteiger partial charge in [-0.25, -0.2) is 9.78 Å². The first kappa shape index (κ1) is 12.6. The third kappa shape index (κ3) is 2.26. The molecular formula is C14H12ClNO2S. The molecule has 1 aliphatic carbocycles. The van der Waals surface area contributed by atoms with Gasteiger partial charge in [-0.15, -0.1) is 11.3 Å². The lowest BCUT2D eigenvalue weighted by Gasteiger charge is -2.23. The van der Waals surface area contributed by atoms with E-state index in [4.69, 9.17) is 11.6 Å². The number of rotatable bonds is 3. The highest BCUT2D eigenvalue weighted by Gasteiger charge is 2.29. The highest BCUT2D eigenvalue weighted by Crippen LogP contribution is 2.42. The highest BCUT2D eigenvalue weighted by atomic mass is 35.5. The van der Waals surface area contributed by atoms with Crippen LogP contribution in [-0.2, 0) is 0 Å². The number of aromatic carboxylic acids is 1. The van der Waals surface area contributed by atoms with Gasteiger partial charge in [0, 0.05) is 11.5 Å². The third-order valence-corrected chi connectivity index (χ3v) is 4.87. The minimum atomic E-state index is -0.891. The molecule has 1 aromatic carbocycles. The van der Waals surface area contributed by atoms with Crippen molar-refractivity contribution in [3.63, 3.8) is 0 Å². The van der Waals surface area contributed by atoms with E-state index in [0.717, 1.165) is 30.5 Å². The van der Waals surface area contributed by atoms with E-state index in [1.165, 1.54) is 11.3 Å².